The fourth-order valence-corrected chi connectivity index (χ4v) is 2.07. The maximum Gasteiger partial charge on any atom is 0.309 e. The van der Waals surface area contributed by atoms with Gasteiger partial charge in [-0.05, 0) is 25.3 Å². The number of carbonyl (C=O) groups is 2. The molecule has 0 aliphatic rings. The van der Waals surface area contributed by atoms with Gasteiger partial charge in [-0.1, -0.05) is 6.07 Å². The van der Waals surface area contributed by atoms with E-state index in [9.17, 15) is 9.59 Å². The third kappa shape index (κ3) is 3.85. The second kappa shape index (κ2) is 5.31. The second-order valence-electron chi connectivity index (χ2n) is 4.69. The lowest BCUT2D eigenvalue weighted by atomic mass is 9.89. The molecule has 1 aromatic rings. The van der Waals surface area contributed by atoms with E-state index in [1.165, 1.54) is 0 Å². The molecule has 0 atom stereocenters. The molecule has 0 saturated heterocycles. The van der Waals surface area contributed by atoms with Crippen molar-refractivity contribution < 1.29 is 14.7 Å². The zero-order valence-corrected chi connectivity index (χ0v) is 11.1. The quantitative estimate of drug-likeness (QED) is 0.877. The van der Waals surface area contributed by atoms with Gasteiger partial charge in [-0.3, -0.25) is 9.59 Å². The predicted octanol–water partition coefficient (Wildman–Crippen LogP) is 2.21. The Morgan fingerprint density at radius 3 is 2.59 bits per heavy atom. The first-order valence-corrected chi connectivity index (χ1v) is 6.20. The average molecular weight is 255 g/mol. The van der Waals surface area contributed by atoms with E-state index in [1.807, 2.05) is 17.5 Å². The van der Waals surface area contributed by atoms with Crippen LogP contribution in [0.25, 0.3) is 0 Å². The number of nitrogens with zero attached hydrogens (tertiary/aromatic N) is 1. The molecule has 0 spiro atoms. The Morgan fingerprint density at radius 1 is 1.47 bits per heavy atom. The van der Waals surface area contributed by atoms with E-state index >= 15 is 0 Å². The number of hydrogen-bond acceptors (Lipinski definition) is 3. The van der Waals surface area contributed by atoms with Gasteiger partial charge in [-0.15, -0.1) is 11.3 Å². The van der Waals surface area contributed by atoms with E-state index in [1.54, 1.807) is 37.1 Å². The molecule has 0 fully saturated rings. The van der Waals surface area contributed by atoms with Crippen LogP contribution in [0.4, 0.5) is 0 Å². The van der Waals surface area contributed by atoms with E-state index in [0.717, 1.165) is 4.88 Å². The normalized spacial score (nSPS) is 11.2. The fourth-order valence-electron chi connectivity index (χ4n) is 1.31. The predicted molar refractivity (Wildman–Crippen MR) is 66.8 cm³/mol. The van der Waals surface area contributed by atoms with Crippen molar-refractivity contribution in [3.8, 4) is 0 Å². The van der Waals surface area contributed by atoms with E-state index in [2.05, 4.69) is 0 Å². The maximum absolute atomic E-state index is 11.9. The summed E-state index contributed by atoms with van der Waals surface area (Å²) in [4.78, 5) is 25.4. The molecular weight excluding hydrogens is 238 g/mol. The highest BCUT2D eigenvalue weighted by Crippen LogP contribution is 2.22. The first-order chi connectivity index (χ1) is 7.83. The summed E-state index contributed by atoms with van der Waals surface area (Å²) in [6.45, 7) is 3.66. The molecule has 0 aromatic carbocycles. The average Bonchev–Trinajstić information content (AvgIpc) is 2.69. The monoisotopic (exact) mass is 255 g/mol. The minimum Gasteiger partial charge on any atom is -0.481 e. The van der Waals surface area contributed by atoms with Crippen LogP contribution in [0.1, 0.15) is 25.1 Å². The van der Waals surface area contributed by atoms with E-state index < -0.39 is 11.4 Å². The molecule has 1 amide bonds. The standard InChI is InChI=1S/C12H17NO3S/c1-12(2,11(15)16)7-10(14)13(3)8-9-5-4-6-17-9/h4-6H,7-8H2,1-3H3,(H,15,16). The van der Waals surface area contributed by atoms with Crippen LogP contribution in [0.5, 0.6) is 0 Å². The topological polar surface area (TPSA) is 57.6 Å². The molecule has 1 aromatic heterocycles. The van der Waals surface area contributed by atoms with Gasteiger partial charge in [0.2, 0.25) is 5.91 Å². The Morgan fingerprint density at radius 2 is 2.12 bits per heavy atom. The van der Waals surface area contributed by atoms with Crippen LogP contribution in [-0.2, 0) is 16.1 Å². The first kappa shape index (κ1) is 13.7. The summed E-state index contributed by atoms with van der Waals surface area (Å²) < 4.78 is 0. The van der Waals surface area contributed by atoms with Crippen molar-refractivity contribution in [2.45, 2.75) is 26.8 Å². The van der Waals surface area contributed by atoms with Crippen molar-refractivity contribution in [1.29, 1.82) is 0 Å². The molecule has 0 unspecified atom stereocenters. The van der Waals surface area contributed by atoms with Crippen molar-refractivity contribution in [3.05, 3.63) is 22.4 Å². The van der Waals surface area contributed by atoms with Gasteiger partial charge in [0, 0.05) is 18.3 Å². The summed E-state index contributed by atoms with van der Waals surface area (Å²) in [5, 5.41) is 10.9. The zero-order valence-electron chi connectivity index (χ0n) is 10.3. The van der Waals surface area contributed by atoms with Crippen LogP contribution >= 0.6 is 11.3 Å². The Bertz CT molecular complexity index is 398. The Kier molecular flexibility index (Phi) is 4.28. The molecule has 1 N–H and O–H groups in total. The van der Waals surface area contributed by atoms with Gasteiger partial charge in [-0.2, -0.15) is 0 Å². The number of hydrogen-bond donors (Lipinski definition) is 1. The minimum absolute atomic E-state index is 0.0181. The van der Waals surface area contributed by atoms with Crippen LogP contribution in [0, 0.1) is 5.41 Å². The van der Waals surface area contributed by atoms with Gasteiger partial charge in [0.05, 0.1) is 12.0 Å². The lowest BCUT2D eigenvalue weighted by Crippen LogP contribution is -2.34. The van der Waals surface area contributed by atoms with E-state index in [4.69, 9.17) is 5.11 Å². The lowest BCUT2D eigenvalue weighted by Gasteiger charge is -2.23. The largest absolute Gasteiger partial charge is 0.481 e. The molecule has 1 rings (SSSR count). The highest BCUT2D eigenvalue weighted by atomic mass is 32.1. The number of aliphatic carboxylic acids is 1. The summed E-state index contributed by atoms with van der Waals surface area (Å²) in [6, 6.07) is 3.89. The molecule has 94 valence electrons. The Balaban J connectivity index is 2.56. The summed E-state index contributed by atoms with van der Waals surface area (Å²) >= 11 is 1.58. The molecule has 0 bridgehead atoms. The molecule has 1 heterocycles. The Labute approximate surface area is 105 Å². The van der Waals surface area contributed by atoms with Crippen LogP contribution in [-0.4, -0.2) is 28.9 Å². The summed E-state index contributed by atoms with van der Waals surface area (Å²) in [5.41, 5.74) is -1.01. The van der Waals surface area contributed by atoms with Crippen LogP contribution in [0.15, 0.2) is 17.5 Å². The number of thiophene rings is 1. The van der Waals surface area contributed by atoms with Gasteiger partial charge in [0.15, 0.2) is 0 Å². The minimum atomic E-state index is -1.01. The number of rotatable bonds is 5. The third-order valence-electron chi connectivity index (χ3n) is 2.57. The molecule has 0 radical (unpaired) electrons. The zero-order chi connectivity index (χ0) is 13.1. The van der Waals surface area contributed by atoms with E-state index in [-0.39, 0.29) is 12.3 Å². The van der Waals surface area contributed by atoms with Crippen molar-refractivity contribution in [2.24, 2.45) is 5.41 Å². The van der Waals surface area contributed by atoms with Crippen molar-refractivity contribution in [1.82, 2.24) is 4.90 Å². The molecule has 0 aliphatic heterocycles. The summed E-state index contributed by atoms with van der Waals surface area (Å²) in [5.74, 6) is -1.10. The Hall–Kier alpha value is -1.36. The van der Waals surface area contributed by atoms with Gasteiger partial charge in [-0.25, -0.2) is 0 Å². The lowest BCUT2D eigenvalue weighted by molar-refractivity contribution is -0.151. The number of carboxylic acid groups (broad SMARTS) is 1. The van der Waals surface area contributed by atoms with Crippen LogP contribution in [0.3, 0.4) is 0 Å². The molecule has 0 saturated carbocycles. The molecule has 17 heavy (non-hydrogen) atoms. The second-order valence-corrected chi connectivity index (χ2v) is 5.73. The van der Waals surface area contributed by atoms with Crippen molar-refractivity contribution in [2.75, 3.05) is 7.05 Å². The van der Waals surface area contributed by atoms with Gasteiger partial charge in [0.25, 0.3) is 0 Å². The summed E-state index contributed by atoms with van der Waals surface area (Å²) in [7, 11) is 1.69. The van der Waals surface area contributed by atoms with Gasteiger partial charge >= 0.3 is 5.97 Å². The third-order valence-corrected chi connectivity index (χ3v) is 3.43. The number of amides is 1. The van der Waals surface area contributed by atoms with Crippen LogP contribution < -0.4 is 0 Å². The fraction of sp³-hybridized carbons (Fsp3) is 0.500. The van der Waals surface area contributed by atoms with Crippen LogP contribution in [0.2, 0.25) is 0 Å². The van der Waals surface area contributed by atoms with Gasteiger partial charge < -0.3 is 10.0 Å². The highest BCUT2D eigenvalue weighted by Gasteiger charge is 2.31. The SMILES string of the molecule is CN(Cc1cccs1)C(=O)CC(C)(C)C(=O)O. The summed E-state index contributed by atoms with van der Waals surface area (Å²) in [6.07, 6.45) is 0.0181. The molecule has 4 nitrogen and oxygen atoms in total. The number of carbonyl (C=O) groups excluding carboxylic acids is 1. The smallest absolute Gasteiger partial charge is 0.309 e. The maximum atomic E-state index is 11.9. The van der Waals surface area contributed by atoms with Crippen molar-refractivity contribution in [3.63, 3.8) is 0 Å². The first-order valence-electron chi connectivity index (χ1n) is 5.32. The molecule has 5 heteroatoms. The molecule has 0 aliphatic carbocycles. The highest BCUT2D eigenvalue weighted by molar-refractivity contribution is 7.09. The molecular formula is C12H17NO3S. The van der Waals surface area contributed by atoms with E-state index in [0.29, 0.717) is 6.54 Å². The van der Waals surface area contributed by atoms with Gasteiger partial charge in [0.1, 0.15) is 0 Å². The van der Waals surface area contributed by atoms with Crippen molar-refractivity contribution >= 4 is 23.2 Å². The number of carboxylic acids is 1.